The van der Waals surface area contributed by atoms with Crippen LogP contribution in [0.3, 0.4) is 0 Å². The van der Waals surface area contributed by atoms with Gasteiger partial charge in [0.15, 0.2) is 10.3 Å². The molecule has 2 aromatic heterocycles. The van der Waals surface area contributed by atoms with Gasteiger partial charge in [-0.3, -0.25) is 4.79 Å². The third-order valence-corrected chi connectivity index (χ3v) is 5.60. The van der Waals surface area contributed by atoms with Gasteiger partial charge in [-0.15, -0.1) is 11.3 Å². The molecule has 2 aromatic carbocycles. The second-order valence-electron chi connectivity index (χ2n) is 5.98. The molecule has 0 spiro atoms. The number of rotatable bonds is 7. The molecular weight excluding hydrogens is 388 g/mol. The zero-order valence-corrected chi connectivity index (χ0v) is 16.6. The van der Waals surface area contributed by atoms with Crippen LogP contribution >= 0.6 is 23.1 Å². The van der Waals surface area contributed by atoms with E-state index in [2.05, 4.69) is 39.6 Å². The lowest BCUT2D eigenvalue weighted by atomic mass is 10.1. The van der Waals surface area contributed by atoms with Crippen molar-refractivity contribution in [2.75, 3.05) is 11.1 Å². The van der Waals surface area contributed by atoms with Crippen LogP contribution in [0.1, 0.15) is 6.42 Å². The lowest BCUT2D eigenvalue weighted by molar-refractivity contribution is -0.115. The van der Waals surface area contributed by atoms with Gasteiger partial charge in [-0.2, -0.15) is 0 Å². The monoisotopic (exact) mass is 406 g/mol. The van der Waals surface area contributed by atoms with E-state index in [1.54, 1.807) is 18.0 Å². The Kier molecular flexibility index (Phi) is 5.84. The van der Waals surface area contributed by atoms with Crippen molar-refractivity contribution in [3.8, 4) is 22.5 Å². The summed E-state index contributed by atoms with van der Waals surface area (Å²) in [6, 6.07) is 20.3. The summed E-state index contributed by atoms with van der Waals surface area (Å²) in [5.74, 6) is 0.591. The van der Waals surface area contributed by atoms with Gasteiger partial charge in [0.2, 0.25) is 5.91 Å². The minimum Gasteiger partial charge on any atom is -0.332 e. The largest absolute Gasteiger partial charge is 0.332 e. The Bertz CT molecular complexity index is 974. The van der Waals surface area contributed by atoms with Gasteiger partial charge in [0, 0.05) is 34.9 Å². The molecule has 0 saturated carbocycles. The van der Waals surface area contributed by atoms with Gasteiger partial charge in [0.25, 0.3) is 0 Å². The molecule has 2 N–H and O–H groups in total. The highest BCUT2D eigenvalue weighted by molar-refractivity contribution is 7.99. The Hall–Kier alpha value is -2.90. The highest BCUT2D eigenvalue weighted by Crippen LogP contribution is 2.32. The second kappa shape index (κ2) is 8.86. The maximum absolute atomic E-state index is 12.0. The first-order valence-electron chi connectivity index (χ1n) is 8.82. The van der Waals surface area contributed by atoms with E-state index in [9.17, 15) is 4.79 Å². The number of amides is 1. The van der Waals surface area contributed by atoms with Crippen LogP contribution in [-0.4, -0.2) is 26.6 Å². The van der Waals surface area contributed by atoms with Crippen molar-refractivity contribution in [2.45, 2.75) is 11.6 Å². The van der Waals surface area contributed by atoms with Crippen LogP contribution in [0.25, 0.3) is 22.5 Å². The minimum atomic E-state index is -0.0411. The molecule has 0 atom stereocenters. The molecule has 140 valence electrons. The smallest absolute Gasteiger partial charge is 0.226 e. The van der Waals surface area contributed by atoms with Crippen molar-refractivity contribution in [2.24, 2.45) is 0 Å². The Labute approximate surface area is 171 Å². The van der Waals surface area contributed by atoms with Crippen LogP contribution in [0.5, 0.6) is 0 Å². The molecule has 28 heavy (non-hydrogen) atoms. The fourth-order valence-electron chi connectivity index (χ4n) is 2.75. The zero-order chi connectivity index (χ0) is 19.2. The summed E-state index contributed by atoms with van der Waals surface area (Å²) in [7, 11) is 0. The molecule has 4 aromatic rings. The van der Waals surface area contributed by atoms with Gasteiger partial charge in [0.1, 0.15) is 0 Å². The normalized spacial score (nSPS) is 10.7. The molecule has 0 aliphatic carbocycles. The Morgan fingerprint density at radius 3 is 2.43 bits per heavy atom. The maximum atomic E-state index is 12.0. The average molecular weight is 407 g/mol. The first-order valence-corrected chi connectivity index (χ1v) is 10.7. The number of carbonyl (C=O) groups is 1. The van der Waals surface area contributed by atoms with Crippen LogP contribution in [0, 0.1) is 0 Å². The number of thioether (sulfide) groups is 1. The molecule has 4 rings (SSSR count). The number of nitrogens with one attached hydrogen (secondary N) is 2. The number of thiazole rings is 1. The number of carbonyl (C=O) groups excluding carboxylic acids is 1. The fourth-order valence-corrected chi connectivity index (χ4v) is 4.10. The predicted molar refractivity (Wildman–Crippen MR) is 116 cm³/mol. The minimum absolute atomic E-state index is 0.0411. The highest BCUT2D eigenvalue weighted by atomic mass is 32.2. The molecule has 0 unspecified atom stereocenters. The summed E-state index contributed by atoms with van der Waals surface area (Å²) in [6.45, 7) is 0. The number of imidazole rings is 1. The van der Waals surface area contributed by atoms with Gasteiger partial charge in [-0.05, 0) is 0 Å². The van der Waals surface area contributed by atoms with Gasteiger partial charge in [-0.25, -0.2) is 9.97 Å². The van der Waals surface area contributed by atoms with Crippen LogP contribution in [0.4, 0.5) is 5.13 Å². The maximum Gasteiger partial charge on any atom is 0.226 e. The third-order valence-electron chi connectivity index (χ3n) is 4.04. The number of benzene rings is 2. The summed E-state index contributed by atoms with van der Waals surface area (Å²) in [5, 5.41) is 6.07. The van der Waals surface area contributed by atoms with Crippen LogP contribution in [0.15, 0.2) is 77.4 Å². The van der Waals surface area contributed by atoms with Crippen LogP contribution < -0.4 is 5.32 Å². The second-order valence-corrected chi connectivity index (χ2v) is 7.96. The van der Waals surface area contributed by atoms with E-state index in [1.807, 2.05) is 41.8 Å². The fraction of sp³-hybridized carbons (Fsp3) is 0.0952. The standard InChI is InChI=1S/C21H18N4OS2/c26-17(23-20-22-12-14-28-20)11-13-27-21-24-18(15-7-3-1-4-8-15)19(25-21)16-9-5-2-6-10-16/h1-10,12,14H,11,13H2,(H,24,25)(H,22,23,26). The average Bonchev–Trinajstić information content (AvgIpc) is 3.39. The molecule has 0 aliphatic heterocycles. The van der Waals surface area contributed by atoms with Gasteiger partial charge in [0.05, 0.1) is 11.4 Å². The lowest BCUT2D eigenvalue weighted by Gasteiger charge is -2.02. The quantitative estimate of drug-likeness (QED) is 0.408. The highest BCUT2D eigenvalue weighted by Gasteiger charge is 2.14. The van der Waals surface area contributed by atoms with Crippen molar-refractivity contribution >= 4 is 34.1 Å². The van der Waals surface area contributed by atoms with E-state index < -0.39 is 0 Å². The molecule has 0 saturated heterocycles. The van der Waals surface area contributed by atoms with E-state index in [0.717, 1.165) is 27.7 Å². The first-order chi connectivity index (χ1) is 13.8. The number of hydrogen-bond donors (Lipinski definition) is 2. The van der Waals surface area contributed by atoms with Gasteiger partial charge in [-0.1, -0.05) is 72.4 Å². The summed E-state index contributed by atoms with van der Waals surface area (Å²) in [6.07, 6.45) is 2.07. The van der Waals surface area contributed by atoms with E-state index in [-0.39, 0.29) is 5.91 Å². The summed E-state index contributed by atoms with van der Waals surface area (Å²) >= 11 is 2.95. The zero-order valence-electron chi connectivity index (χ0n) is 15.0. The number of anilines is 1. The van der Waals surface area contributed by atoms with Crippen LogP contribution in [-0.2, 0) is 4.79 Å². The molecule has 0 radical (unpaired) electrons. The van der Waals surface area contributed by atoms with E-state index in [0.29, 0.717) is 17.3 Å². The van der Waals surface area contributed by atoms with Gasteiger partial charge < -0.3 is 10.3 Å². The molecule has 0 bridgehead atoms. The number of aromatic amines is 1. The number of aromatic nitrogens is 3. The van der Waals surface area contributed by atoms with E-state index in [4.69, 9.17) is 4.98 Å². The molecule has 5 nitrogen and oxygen atoms in total. The Morgan fingerprint density at radius 1 is 1.04 bits per heavy atom. The summed E-state index contributed by atoms with van der Waals surface area (Å²) in [5.41, 5.74) is 4.05. The van der Waals surface area contributed by atoms with Crippen LogP contribution in [0.2, 0.25) is 0 Å². The Morgan fingerprint density at radius 2 is 1.75 bits per heavy atom. The molecular formula is C21H18N4OS2. The van der Waals surface area contributed by atoms with Crippen molar-refractivity contribution in [3.05, 3.63) is 72.2 Å². The topological polar surface area (TPSA) is 70.7 Å². The van der Waals surface area contributed by atoms with Crippen molar-refractivity contribution in [3.63, 3.8) is 0 Å². The number of hydrogen-bond acceptors (Lipinski definition) is 5. The van der Waals surface area contributed by atoms with Crippen molar-refractivity contribution < 1.29 is 4.79 Å². The summed E-state index contributed by atoms with van der Waals surface area (Å²) < 4.78 is 0. The number of nitrogens with zero attached hydrogens (tertiary/aromatic N) is 2. The van der Waals surface area contributed by atoms with Crippen molar-refractivity contribution in [1.29, 1.82) is 0 Å². The molecule has 1 amide bonds. The predicted octanol–water partition coefficient (Wildman–Crippen LogP) is 5.32. The lowest BCUT2D eigenvalue weighted by Crippen LogP contribution is -2.11. The van der Waals surface area contributed by atoms with E-state index in [1.165, 1.54) is 11.3 Å². The van der Waals surface area contributed by atoms with Gasteiger partial charge >= 0.3 is 0 Å². The third kappa shape index (κ3) is 4.49. The Balaban J connectivity index is 1.48. The number of H-pyrrole nitrogens is 1. The molecule has 2 heterocycles. The SMILES string of the molecule is O=C(CCSc1nc(-c2ccccc2)c(-c2ccccc2)[nH]1)Nc1nccs1. The molecule has 0 fully saturated rings. The van der Waals surface area contributed by atoms with E-state index >= 15 is 0 Å². The summed E-state index contributed by atoms with van der Waals surface area (Å²) in [4.78, 5) is 24.3. The molecule has 0 aliphatic rings. The first kappa shape index (κ1) is 18.5. The molecule has 7 heteroatoms. The van der Waals surface area contributed by atoms with Crippen molar-refractivity contribution in [1.82, 2.24) is 15.0 Å².